The second kappa shape index (κ2) is 10.6. The Morgan fingerprint density at radius 1 is 1.26 bits per heavy atom. The van der Waals surface area contributed by atoms with Crippen molar-refractivity contribution in [3.63, 3.8) is 0 Å². The first-order valence-corrected chi connectivity index (χ1v) is 13.7. The van der Waals surface area contributed by atoms with Crippen molar-refractivity contribution in [1.29, 1.82) is 0 Å². The smallest absolute Gasteiger partial charge is 0.333 e. The summed E-state index contributed by atoms with van der Waals surface area (Å²) in [7, 11) is 0. The molecule has 3 aromatic heterocycles. The van der Waals surface area contributed by atoms with E-state index in [4.69, 9.17) is 9.15 Å². The van der Waals surface area contributed by atoms with E-state index in [2.05, 4.69) is 4.98 Å². The van der Waals surface area contributed by atoms with E-state index in [1.807, 2.05) is 30.3 Å². The molecule has 0 unspecified atom stereocenters. The number of hydrogen-bond acceptors (Lipinski definition) is 8. The molecule has 206 valence electrons. The SMILES string of the molecule is Cc1c(-c2ncco2)sc2c1c(=O)n(C(C)(C)C(=O)O)c(=O)n2C[C@@H](O[C@H]1CCC[C@H](O)C1)c1ccccc1. The molecular formula is C28H31N3O7S. The number of carbonyl (C=O) groups is 1. The summed E-state index contributed by atoms with van der Waals surface area (Å²) in [6, 6.07) is 9.45. The zero-order chi connectivity index (χ0) is 27.9. The number of aliphatic carboxylic acids is 1. The first kappa shape index (κ1) is 27.0. The number of ether oxygens (including phenoxy) is 1. The molecule has 3 heterocycles. The fourth-order valence-corrected chi connectivity index (χ4v) is 6.41. The number of oxazole rings is 1. The van der Waals surface area contributed by atoms with Gasteiger partial charge in [0.25, 0.3) is 5.56 Å². The Balaban J connectivity index is 1.72. The Hall–Kier alpha value is -3.54. The fourth-order valence-electron chi connectivity index (χ4n) is 5.17. The summed E-state index contributed by atoms with van der Waals surface area (Å²) in [5.41, 5.74) is -1.85. The van der Waals surface area contributed by atoms with Gasteiger partial charge in [0.15, 0.2) is 0 Å². The molecule has 1 aliphatic carbocycles. The molecule has 0 spiro atoms. The molecule has 3 atom stereocenters. The van der Waals surface area contributed by atoms with Gasteiger partial charge in [-0.2, -0.15) is 0 Å². The molecule has 1 aromatic carbocycles. The highest BCUT2D eigenvalue weighted by molar-refractivity contribution is 7.22. The molecule has 2 N–H and O–H groups in total. The quantitative estimate of drug-likeness (QED) is 0.333. The number of aliphatic hydroxyl groups is 1. The summed E-state index contributed by atoms with van der Waals surface area (Å²) in [5, 5.41) is 20.4. The van der Waals surface area contributed by atoms with Gasteiger partial charge in [-0.3, -0.25) is 9.36 Å². The molecule has 0 bridgehead atoms. The molecule has 11 heteroatoms. The van der Waals surface area contributed by atoms with Crippen molar-refractivity contribution in [1.82, 2.24) is 14.1 Å². The third kappa shape index (κ3) is 4.97. The van der Waals surface area contributed by atoms with Gasteiger partial charge >= 0.3 is 11.7 Å². The number of carboxylic acid groups (broad SMARTS) is 1. The van der Waals surface area contributed by atoms with E-state index < -0.39 is 35.0 Å². The van der Waals surface area contributed by atoms with E-state index in [0.29, 0.717) is 27.6 Å². The van der Waals surface area contributed by atoms with Gasteiger partial charge in [0.05, 0.1) is 35.2 Å². The molecule has 10 nitrogen and oxygen atoms in total. The largest absolute Gasteiger partial charge is 0.480 e. The lowest BCUT2D eigenvalue weighted by Crippen LogP contribution is -2.52. The van der Waals surface area contributed by atoms with E-state index in [1.165, 1.54) is 42.2 Å². The Kier molecular flexibility index (Phi) is 7.32. The third-order valence-corrected chi connectivity index (χ3v) is 8.70. The summed E-state index contributed by atoms with van der Waals surface area (Å²) in [4.78, 5) is 45.2. The highest BCUT2D eigenvalue weighted by atomic mass is 32.1. The number of benzene rings is 1. The van der Waals surface area contributed by atoms with Crippen molar-refractivity contribution in [3.8, 4) is 10.8 Å². The highest BCUT2D eigenvalue weighted by Gasteiger charge is 2.36. The van der Waals surface area contributed by atoms with Crippen molar-refractivity contribution in [3.05, 3.63) is 74.8 Å². The monoisotopic (exact) mass is 553 g/mol. The number of rotatable bonds is 8. The first-order valence-electron chi connectivity index (χ1n) is 12.9. The fraction of sp³-hybridized carbons (Fsp3) is 0.429. The van der Waals surface area contributed by atoms with Crippen molar-refractivity contribution in [2.24, 2.45) is 0 Å². The molecular weight excluding hydrogens is 522 g/mol. The molecule has 5 rings (SSSR count). The average molecular weight is 554 g/mol. The van der Waals surface area contributed by atoms with E-state index in [-0.39, 0.29) is 18.0 Å². The van der Waals surface area contributed by atoms with Crippen LogP contribution in [0.5, 0.6) is 0 Å². The molecule has 0 radical (unpaired) electrons. The van der Waals surface area contributed by atoms with Crippen LogP contribution in [-0.2, 0) is 21.6 Å². The van der Waals surface area contributed by atoms with Crippen LogP contribution in [-0.4, -0.2) is 42.5 Å². The number of fused-ring (bicyclic) bond motifs is 1. The van der Waals surface area contributed by atoms with Crippen molar-refractivity contribution < 1.29 is 24.2 Å². The number of thiophene rings is 1. The molecule has 0 amide bonds. The van der Waals surface area contributed by atoms with Crippen LogP contribution in [0, 0.1) is 6.92 Å². The minimum Gasteiger partial charge on any atom is -0.480 e. The molecule has 1 aliphatic rings. The van der Waals surface area contributed by atoms with Crippen LogP contribution in [0.3, 0.4) is 0 Å². The number of aryl methyl sites for hydroxylation is 1. The van der Waals surface area contributed by atoms with Gasteiger partial charge in [-0.25, -0.2) is 19.1 Å². The van der Waals surface area contributed by atoms with Crippen molar-refractivity contribution >= 4 is 27.5 Å². The number of aromatic nitrogens is 3. The lowest BCUT2D eigenvalue weighted by molar-refractivity contribution is -0.146. The predicted octanol–water partition coefficient (Wildman–Crippen LogP) is 4.07. The Morgan fingerprint density at radius 3 is 2.64 bits per heavy atom. The summed E-state index contributed by atoms with van der Waals surface area (Å²) in [6.07, 6.45) is 4.51. The molecule has 1 fully saturated rings. The Morgan fingerprint density at radius 2 is 2.00 bits per heavy atom. The van der Waals surface area contributed by atoms with E-state index >= 15 is 0 Å². The summed E-state index contributed by atoms with van der Waals surface area (Å²) < 4.78 is 14.3. The van der Waals surface area contributed by atoms with Gasteiger partial charge in [0, 0.05) is 0 Å². The molecule has 4 aromatic rings. The second-order valence-electron chi connectivity index (χ2n) is 10.4. The maximum absolute atomic E-state index is 14.0. The zero-order valence-electron chi connectivity index (χ0n) is 22.0. The molecule has 0 saturated heterocycles. The standard InChI is InChI=1S/C28H31N3O7S/c1-16-21-24(33)31(28(2,3)26(34)35)27(36)30(25(21)39-22(16)23-29-12-13-37-23)15-20(17-8-5-4-6-9-17)38-19-11-7-10-18(32)14-19/h4-6,8-9,12-13,18-20,32H,7,10-11,14-15H2,1-3H3,(H,34,35)/t18-,19-,20+/m0/s1. The van der Waals surface area contributed by atoms with Crippen molar-refractivity contribution in [2.45, 2.75) is 76.9 Å². The van der Waals surface area contributed by atoms with Gasteiger partial charge in [0.2, 0.25) is 5.89 Å². The van der Waals surface area contributed by atoms with Crippen LogP contribution in [0.4, 0.5) is 0 Å². The molecule has 39 heavy (non-hydrogen) atoms. The molecule has 1 saturated carbocycles. The summed E-state index contributed by atoms with van der Waals surface area (Å²) in [5.74, 6) is -0.997. The van der Waals surface area contributed by atoms with Crippen LogP contribution in [0.25, 0.3) is 21.0 Å². The Labute approximate surface area is 228 Å². The second-order valence-corrected chi connectivity index (χ2v) is 11.4. The highest BCUT2D eigenvalue weighted by Crippen LogP contribution is 2.37. The number of nitrogens with zero attached hydrogens (tertiary/aromatic N) is 3. The lowest BCUT2D eigenvalue weighted by atomic mass is 9.94. The van der Waals surface area contributed by atoms with Gasteiger partial charge in [-0.15, -0.1) is 11.3 Å². The van der Waals surface area contributed by atoms with E-state index in [1.54, 1.807) is 6.92 Å². The lowest BCUT2D eigenvalue weighted by Gasteiger charge is -2.31. The van der Waals surface area contributed by atoms with E-state index in [9.17, 15) is 24.6 Å². The van der Waals surface area contributed by atoms with Crippen LogP contribution < -0.4 is 11.2 Å². The maximum atomic E-state index is 14.0. The van der Waals surface area contributed by atoms with Crippen LogP contribution in [0.2, 0.25) is 0 Å². The predicted molar refractivity (Wildman–Crippen MR) is 146 cm³/mol. The zero-order valence-corrected chi connectivity index (χ0v) is 22.8. The minimum absolute atomic E-state index is 0.0346. The van der Waals surface area contributed by atoms with Crippen LogP contribution in [0.15, 0.2) is 56.8 Å². The third-order valence-electron chi connectivity index (χ3n) is 7.40. The number of hydrogen-bond donors (Lipinski definition) is 2. The van der Waals surface area contributed by atoms with Crippen LogP contribution >= 0.6 is 11.3 Å². The average Bonchev–Trinajstić information content (AvgIpc) is 3.54. The summed E-state index contributed by atoms with van der Waals surface area (Å²) in [6.45, 7) is 4.44. The van der Waals surface area contributed by atoms with E-state index in [0.717, 1.165) is 29.4 Å². The van der Waals surface area contributed by atoms with Crippen LogP contribution in [0.1, 0.15) is 56.8 Å². The van der Waals surface area contributed by atoms with Gasteiger partial charge in [-0.1, -0.05) is 30.3 Å². The number of carboxylic acids is 1. The normalized spacial score (nSPS) is 18.9. The first-order chi connectivity index (χ1) is 18.6. The maximum Gasteiger partial charge on any atom is 0.333 e. The van der Waals surface area contributed by atoms with Crippen molar-refractivity contribution in [2.75, 3.05) is 0 Å². The molecule has 0 aliphatic heterocycles. The number of aliphatic hydroxyl groups excluding tert-OH is 1. The van der Waals surface area contributed by atoms with Gasteiger partial charge in [-0.05, 0) is 57.6 Å². The van der Waals surface area contributed by atoms with Gasteiger partial charge < -0.3 is 19.4 Å². The van der Waals surface area contributed by atoms with Gasteiger partial charge in [0.1, 0.15) is 22.7 Å². The Bertz CT molecular complexity index is 1600. The summed E-state index contributed by atoms with van der Waals surface area (Å²) >= 11 is 1.20. The topological polar surface area (TPSA) is 137 Å². The minimum atomic E-state index is -1.81.